The quantitative estimate of drug-likeness (QED) is 0.903. The van der Waals surface area contributed by atoms with E-state index in [1.54, 1.807) is 11.8 Å². The number of thioether (sulfide) groups is 1. The van der Waals surface area contributed by atoms with Gasteiger partial charge in [0.2, 0.25) is 0 Å². The summed E-state index contributed by atoms with van der Waals surface area (Å²) in [5.74, 6) is 1.64. The van der Waals surface area contributed by atoms with E-state index in [-0.39, 0.29) is 6.04 Å². The number of aliphatic carboxylic acids is 1. The van der Waals surface area contributed by atoms with Gasteiger partial charge in [0.15, 0.2) is 0 Å². The Kier molecular flexibility index (Phi) is 3.31. The summed E-state index contributed by atoms with van der Waals surface area (Å²) in [6.45, 7) is 1.80. The van der Waals surface area contributed by atoms with E-state index >= 15 is 0 Å². The number of fused-ring (bicyclic) bond motifs is 1. The zero-order chi connectivity index (χ0) is 12.5. The highest BCUT2D eigenvalue weighted by molar-refractivity contribution is 7.99. The van der Waals surface area contributed by atoms with Gasteiger partial charge in [-0.2, -0.15) is 11.8 Å². The van der Waals surface area contributed by atoms with Crippen molar-refractivity contribution in [3.8, 4) is 0 Å². The predicted molar refractivity (Wildman–Crippen MR) is 73.2 cm³/mol. The van der Waals surface area contributed by atoms with E-state index in [0.717, 1.165) is 31.0 Å². The Morgan fingerprint density at radius 1 is 1.44 bits per heavy atom. The van der Waals surface area contributed by atoms with Crippen molar-refractivity contribution in [3.63, 3.8) is 0 Å². The maximum absolute atomic E-state index is 11.2. The summed E-state index contributed by atoms with van der Waals surface area (Å²) in [4.78, 5) is 13.4. The SMILES string of the molecule is O=C(O)C1CSCCN1CC1Cc2ccccc21. The molecule has 1 aliphatic carbocycles. The number of nitrogens with zero attached hydrogens (tertiary/aromatic N) is 1. The number of carbonyl (C=O) groups is 1. The average molecular weight is 263 g/mol. The molecule has 1 aliphatic heterocycles. The van der Waals surface area contributed by atoms with E-state index < -0.39 is 5.97 Å². The van der Waals surface area contributed by atoms with Gasteiger partial charge in [-0.05, 0) is 17.5 Å². The number of hydrogen-bond acceptors (Lipinski definition) is 3. The second-order valence-electron chi connectivity index (χ2n) is 5.02. The third-order valence-corrected chi connectivity index (χ3v) is 4.96. The lowest BCUT2D eigenvalue weighted by atomic mass is 9.77. The Labute approximate surface area is 111 Å². The zero-order valence-corrected chi connectivity index (χ0v) is 11.0. The van der Waals surface area contributed by atoms with Gasteiger partial charge in [0.1, 0.15) is 6.04 Å². The second kappa shape index (κ2) is 4.94. The minimum absolute atomic E-state index is 0.295. The van der Waals surface area contributed by atoms with Crippen LogP contribution in [0.3, 0.4) is 0 Å². The van der Waals surface area contributed by atoms with Gasteiger partial charge in [0, 0.05) is 30.5 Å². The second-order valence-corrected chi connectivity index (χ2v) is 6.17. The predicted octanol–water partition coefficient (Wildman–Crippen LogP) is 1.83. The van der Waals surface area contributed by atoms with Crippen LogP contribution in [0.5, 0.6) is 0 Å². The Morgan fingerprint density at radius 3 is 3.06 bits per heavy atom. The zero-order valence-electron chi connectivity index (χ0n) is 10.2. The summed E-state index contributed by atoms with van der Waals surface area (Å²) in [5, 5.41) is 9.25. The van der Waals surface area contributed by atoms with Crippen molar-refractivity contribution in [2.24, 2.45) is 0 Å². The summed E-state index contributed by atoms with van der Waals surface area (Å²) in [7, 11) is 0. The Bertz CT molecular complexity index is 463. The standard InChI is InChI=1S/C14H17NO2S/c16-14(17)13-9-18-6-5-15(13)8-11-7-10-3-1-2-4-12(10)11/h1-4,11,13H,5-9H2,(H,16,17). The third kappa shape index (κ3) is 2.15. The lowest BCUT2D eigenvalue weighted by Gasteiger charge is -2.39. The first-order chi connectivity index (χ1) is 8.75. The Morgan fingerprint density at radius 2 is 2.28 bits per heavy atom. The first-order valence-electron chi connectivity index (χ1n) is 6.38. The third-order valence-electron chi connectivity index (χ3n) is 3.94. The van der Waals surface area contributed by atoms with E-state index in [2.05, 4.69) is 29.2 Å². The normalized spacial score (nSPS) is 27.3. The molecular formula is C14H17NO2S. The minimum Gasteiger partial charge on any atom is -0.480 e. The molecule has 1 N–H and O–H groups in total. The van der Waals surface area contributed by atoms with Crippen LogP contribution >= 0.6 is 11.8 Å². The topological polar surface area (TPSA) is 40.5 Å². The van der Waals surface area contributed by atoms with Crippen molar-refractivity contribution in [2.45, 2.75) is 18.4 Å². The summed E-state index contributed by atoms with van der Waals surface area (Å²) in [5.41, 5.74) is 2.85. The number of hydrogen-bond donors (Lipinski definition) is 1. The largest absolute Gasteiger partial charge is 0.480 e. The monoisotopic (exact) mass is 263 g/mol. The Balaban J connectivity index is 1.68. The molecule has 2 unspecified atom stereocenters. The van der Waals surface area contributed by atoms with Crippen LogP contribution in [0.1, 0.15) is 17.0 Å². The molecule has 1 heterocycles. The lowest BCUT2D eigenvalue weighted by molar-refractivity contribution is -0.142. The highest BCUT2D eigenvalue weighted by atomic mass is 32.2. The van der Waals surface area contributed by atoms with Gasteiger partial charge in [-0.3, -0.25) is 9.69 Å². The lowest BCUT2D eigenvalue weighted by Crippen LogP contribution is -2.49. The van der Waals surface area contributed by atoms with Crippen LogP contribution < -0.4 is 0 Å². The molecule has 2 aliphatic rings. The van der Waals surface area contributed by atoms with Crippen LogP contribution in [-0.2, 0) is 11.2 Å². The van der Waals surface area contributed by atoms with Crippen molar-refractivity contribution in [1.29, 1.82) is 0 Å². The van der Waals surface area contributed by atoms with Crippen molar-refractivity contribution < 1.29 is 9.90 Å². The van der Waals surface area contributed by atoms with Crippen LogP contribution in [0, 0.1) is 0 Å². The number of carboxylic acid groups (broad SMARTS) is 1. The molecule has 96 valence electrons. The maximum Gasteiger partial charge on any atom is 0.321 e. The van der Waals surface area contributed by atoms with E-state index in [1.165, 1.54) is 11.1 Å². The maximum atomic E-state index is 11.2. The highest BCUT2D eigenvalue weighted by Gasteiger charge is 2.34. The van der Waals surface area contributed by atoms with Gasteiger partial charge in [-0.1, -0.05) is 24.3 Å². The molecule has 1 aromatic rings. The fourth-order valence-electron chi connectivity index (χ4n) is 2.89. The molecule has 2 atom stereocenters. The molecule has 0 radical (unpaired) electrons. The molecule has 0 amide bonds. The van der Waals surface area contributed by atoms with Crippen LogP contribution in [0.2, 0.25) is 0 Å². The molecule has 18 heavy (non-hydrogen) atoms. The van der Waals surface area contributed by atoms with Gasteiger partial charge in [0.05, 0.1) is 0 Å². The fourth-order valence-corrected chi connectivity index (χ4v) is 4.00. The molecule has 1 fully saturated rings. The minimum atomic E-state index is -0.671. The molecule has 0 bridgehead atoms. The van der Waals surface area contributed by atoms with Crippen molar-refractivity contribution in [3.05, 3.63) is 35.4 Å². The van der Waals surface area contributed by atoms with Gasteiger partial charge in [-0.25, -0.2) is 0 Å². The van der Waals surface area contributed by atoms with Crippen LogP contribution in [0.15, 0.2) is 24.3 Å². The van der Waals surface area contributed by atoms with E-state index in [4.69, 9.17) is 0 Å². The fraction of sp³-hybridized carbons (Fsp3) is 0.500. The van der Waals surface area contributed by atoms with Gasteiger partial charge < -0.3 is 5.11 Å². The van der Waals surface area contributed by atoms with Crippen LogP contribution in [0.25, 0.3) is 0 Å². The van der Waals surface area contributed by atoms with Crippen molar-refractivity contribution in [2.75, 3.05) is 24.6 Å². The molecule has 0 saturated carbocycles. The molecule has 3 nitrogen and oxygen atoms in total. The van der Waals surface area contributed by atoms with E-state index in [0.29, 0.717) is 5.92 Å². The highest BCUT2D eigenvalue weighted by Crippen LogP contribution is 2.36. The van der Waals surface area contributed by atoms with Gasteiger partial charge in [-0.15, -0.1) is 0 Å². The molecule has 0 spiro atoms. The first kappa shape index (κ1) is 12.1. The van der Waals surface area contributed by atoms with Crippen molar-refractivity contribution >= 4 is 17.7 Å². The molecule has 1 saturated heterocycles. The van der Waals surface area contributed by atoms with Crippen LogP contribution in [0.4, 0.5) is 0 Å². The van der Waals surface area contributed by atoms with E-state index in [9.17, 15) is 9.90 Å². The average Bonchev–Trinajstić information content (AvgIpc) is 2.36. The Hall–Kier alpha value is -1.00. The molecule has 1 aromatic carbocycles. The molecule has 0 aromatic heterocycles. The smallest absolute Gasteiger partial charge is 0.321 e. The summed E-state index contributed by atoms with van der Waals surface area (Å²) in [6, 6.07) is 8.21. The molecular weight excluding hydrogens is 246 g/mol. The van der Waals surface area contributed by atoms with E-state index in [1.807, 2.05) is 0 Å². The summed E-state index contributed by atoms with van der Waals surface area (Å²) < 4.78 is 0. The van der Waals surface area contributed by atoms with Gasteiger partial charge in [0.25, 0.3) is 0 Å². The molecule has 4 heteroatoms. The number of rotatable bonds is 3. The van der Waals surface area contributed by atoms with Gasteiger partial charge >= 0.3 is 5.97 Å². The summed E-state index contributed by atoms with van der Waals surface area (Å²) in [6.07, 6.45) is 1.10. The molecule has 3 rings (SSSR count). The number of benzene rings is 1. The van der Waals surface area contributed by atoms with Crippen LogP contribution in [-0.4, -0.2) is 46.6 Å². The number of carboxylic acids is 1. The van der Waals surface area contributed by atoms with Crippen molar-refractivity contribution in [1.82, 2.24) is 4.90 Å². The first-order valence-corrected chi connectivity index (χ1v) is 7.53. The summed E-state index contributed by atoms with van der Waals surface area (Å²) >= 11 is 1.75.